The van der Waals surface area contributed by atoms with Crippen LogP contribution >= 0.6 is 0 Å². The van der Waals surface area contributed by atoms with Crippen LogP contribution in [-0.4, -0.2) is 72.8 Å². The Morgan fingerprint density at radius 3 is 1.91 bits per heavy atom. The van der Waals surface area contributed by atoms with Crippen LogP contribution in [0, 0.1) is 5.92 Å². The van der Waals surface area contributed by atoms with E-state index in [1.807, 2.05) is 37.7 Å². The van der Waals surface area contributed by atoms with Gasteiger partial charge in [0.2, 0.25) is 11.8 Å². The molecule has 22 heavy (non-hydrogen) atoms. The van der Waals surface area contributed by atoms with Gasteiger partial charge in [-0.15, -0.1) is 0 Å². The van der Waals surface area contributed by atoms with Gasteiger partial charge in [0.15, 0.2) is 0 Å². The Labute approximate surface area is 135 Å². The van der Waals surface area contributed by atoms with Gasteiger partial charge in [0.25, 0.3) is 0 Å². The highest BCUT2D eigenvalue weighted by Gasteiger charge is 2.25. The lowest BCUT2D eigenvalue weighted by atomic mass is 9.87. The van der Waals surface area contributed by atoms with Crippen LogP contribution in [0.1, 0.15) is 46.5 Å². The van der Waals surface area contributed by atoms with Gasteiger partial charge in [-0.1, -0.05) is 6.92 Å². The Bertz CT molecular complexity index is 361. The van der Waals surface area contributed by atoms with Crippen LogP contribution in [0.25, 0.3) is 0 Å². The van der Waals surface area contributed by atoms with Gasteiger partial charge in [-0.25, -0.2) is 0 Å². The summed E-state index contributed by atoms with van der Waals surface area (Å²) in [6, 6.07) is 0.371. The maximum absolute atomic E-state index is 12.4. The highest BCUT2D eigenvalue weighted by Crippen LogP contribution is 2.26. The summed E-state index contributed by atoms with van der Waals surface area (Å²) < 4.78 is 0. The van der Waals surface area contributed by atoms with Gasteiger partial charge in [-0.3, -0.25) is 14.5 Å². The molecule has 0 spiro atoms. The summed E-state index contributed by atoms with van der Waals surface area (Å²) in [5.41, 5.74) is 0. The monoisotopic (exact) mass is 311 g/mol. The molecule has 1 aliphatic rings. The lowest BCUT2D eigenvalue weighted by Gasteiger charge is -2.34. The lowest BCUT2D eigenvalue weighted by Crippen LogP contribution is -2.46. The van der Waals surface area contributed by atoms with Crippen molar-refractivity contribution >= 4 is 11.8 Å². The quantitative estimate of drug-likeness (QED) is 0.720. The zero-order valence-corrected chi connectivity index (χ0v) is 15.0. The van der Waals surface area contributed by atoms with E-state index in [0.717, 1.165) is 31.8 Å². The molecule has 1 rings (SSSR count). The molecule has 1 fully saturated rings. The van der Waals surface area contributed by atoms with Crippen molar-refractivity contribution in [2.75, 3.05) is 40.3 Å². The Morgan fingerprint density at radius 2 is 1.41 bits per heavy atom. The first-order chi connectivity index (χ1) is 10.4. The van der Waals surface area contributed by atoms with E-state index in [1.54, 1.807) is 4.90 Å². The molecule has 0 aliphatic heterocycles. The first-order valence-electron chi connectivity index (χ1n) is 8.60. The van der Waals surface area contributed by atoms with Crippen LogP contribution in [0.15, 0.2) is 0 Å². The summed E-state index contributed by atoms with van der Waals surface area (Å²) in [4.78, 5) is 30.0. The second-order valence-electron chi connectivity index (χ2n) is 6.66. The zero-order chi connectivity index (χ0) is 16.7. The molecule has 0 unspecified atom stereocenters. The summed E-state index contributed by atoms with van der Waals surface area (Å²) >= 11 is 0. The number of amides is 2. The Balaban J connectivity index is 2.41. The van der Waals surface area contributed by atoms with Crippen molar-refractivity contribution in [1.82, 2.24) is 14.7 Å². The van der Waals surface area contributed by atoms with Crippen molar-refractivity contribution < 1.29 is 9.59 Å². The molecule has 0 bridgehead atoms. The fourth-order valence-corrected chi connectivity index (χ4v) is 3.14. The van der Waals surface area contributed by atoms with Crippen molar-refractivity contribution in [2.45, 2.75) is 52.5 Å². The van der Waals surface area contributed by atoms with E-state index < -0.39 is 0 Å². The third-order valence-corrected chi connectivity index (χ3v) is 4.85. The largest absolute Gasteiger partial charge is 0.342 e. The molecule has 0 aromatic heterocycles. The molecular weight excluding hydrogens is 278 g/mol. The van der Waals surface area contributed by atoms with Gasteiger partial charge in [0.1, 0.15) is 0 Å². The van der Waals surface area contributed by atoms with Gasteiger partial charge < -0.3 is 9.80 Å². The van der Waals surface area contributed by atoms with E-state index in [1.165, 1.54) is 12.8 Å². The zero-order valence-electron chi connectivity index (χ0n) is 15.0. The first kappa shape index (κ1) is 18.9. The summed E-state index contributed by atoms with van der Waals surface area (Å²) in [5.74, 6) is 0.998. The molecule has 0 radical (unpaired) electrons. The standard InChI is InChI=1S/C17H33N3O2/c1-6-20(7-2)17(22)13-18(4)12-16(21)19(5)15-10-8-14(3)9-11-15/h14-15H,6-13H2,1-5H3. The van der Waals surface area contributed by atoms with Gasteiger partial charge >= 0.3 is 0 Å². The minimum Gasteiger partial charge on any atom is -0.342 e. The maximum atomic E-state index is 12.4. The van der Waals surface area contributed by atoms with E-state index in [9.17, 15) is 9.59 Å². The lowest BCUT2D eigenvalue weighted by molar-refractivity contribution is -0.135. The van der Waals surface area contributed by atoms with Crippen molar-refractivity contribution in [3.05, 3.63) is 0 Å². The van der Waals surface area contributed by atoms with Crippen molar-refractivity contribution in [3.8, 4) is 0 Å². The van der Waals surface area contributed by atoms with Gasteiger partial charge in [-0.05, 0) is 52.5 Å². The van der Waals surface area contributed by atoms with Crippen LogP contribution < -0.4 is 0 Å². The number of nitrogens with zero attached hydrogens (tertiary/aromatic N) is 3. The van der Waals surface area contributed by atoms with Crippen molar-refractivity contribution in [1.29, 1.82) is 0 Å². The molecule has 1 saturated carbocycles. The molecule has 0 heterocycles. The van der Waals surface area contributed by atoms with Crippen molar-refractivity contribution in [2.24, 2.45) is 5.92 Å². The molecule has 1 aliphatic carbocycles. The third kappa shape index (κ3) is 5.59. The van der Waals surface area contributed by atoms with E-state index >= 15 is 0 Å². The molecule has 0 N–H and O–H groups in total. The van der Waals surface area contributed by atoms with E-state index in [2.05, 4.69) is 6.92 Å². The highest BCUT2D eigenvalue weighted by atomic mass is 16.2. The predicted molar refractivity (Wildman–Crippen MR) is 89.6 cm³/mol. The van der Waals surface area contributed by atoms with Gasteiger partial charge in [0, 0.05) is 26.2 Å². The predicted octanol–water partition coefficient (Wildman–Crippen LogP) is 1.82. The minimum atomic E-state index is 0.0921. The van der Waals surface area contributed by atoms with Gasteiger partial charge in [-0.2, -0.15) is 0 Å². The Kier molecular flexibility index (Phi) is 7.87. The molecule has 2 amide bonds. The first-order valence-corrected chi connectivity index (χ1v) is 8.60. The molecule has 0 atom stereocenters. The van der Waals surface area contributed by atoms with Crippen LogP contribution in [0.5, 0.6) is 0 Å². The minimum absolute atomic E-state index is 0.0921. The number of likely N-dealkylation sites (N-methyl/N-ethyl adjacent to an activating group) is 3. The average Bonchev–Trinajstić information content (AvgIpc) is 2.48. The second kappa shape index (κ2) is 9.13. The van der Waals surface area contributed by atoms with Gasteiger partial charge in [0.05, 0.1) is 13.1 Å². The fraction of sp³-hybridized carbons (Fsp3) is 0.882. The number of hydrogen-bond donors (Lipinski definition) is 0. The average molecular weight is 311 g/mol. The summed E-state index contributed by atoms with van der Waals surface area (Å²) in [6.07, 6.45) is 4.62. The van der Waals surface area contributed by atoms with Crippen molar-refractivity contribution in [3.63, 3.8) is 0 Å². The van der Waals surface area contributed by atoms with E-state index in [-0.39, 0.29) is 11.8 Å². The molecule has 0 aromatic rings. The SMILES string of the molecule is CCN(CC)C(=O)CN(C)CC(=O)N(C)C1CCC(C)CC1. The Morgan fingerprint density at radius 1 is 0.909 bits per heavy atom. The smallest absolute Gasteiger partial charge is 0.236 e. The maximum Gasteiger partial charge on any atom is 0.236 e. The van der Waals surface area contributed by atoms with Crippen LogP contribution in [0.2, 0.25) is 0 Å². The highest BCUT2D eigenvalue weighted by molar-refractivity contribution is 5.81. The second-order valence-corrected chi connectivity index (χ2v) is 6.66. The molecule has 0 aromatic carbocycles. The Hall–Kier alpha value is -1.10. The number of rotatable bonds is 7. The third-order valence-electron chi connectivity index (χ3n) is 4.85. The van der Waals surface area contributed by atoms with Crippen LogP contribution in [0.3, 0.4) is 0 Å². The molecule has 5 nitrogen and oxygen atoms in total. The summed E-state index contributed by atoms with van der Waals surface area (Å²) in [6.45, 7) is 8.30. The number of carbonyl (C=O) groups excluding carboxylic acids is 2. The molecular formula is C17H33N3O2. The van der Waals surface area contributed by atoms with E-state index in [4.69, 9.17) is 0 Å². The number of carbonyl (C=O) groups is 2. The summed E-state index contributed by atoms with van der Waals surface area (Å²) in [7, 11) is 3.75. The normalized spacial score (nSPS) is 21.7. The molecule has 5 heteroatoms. The van der Waals surface area contributed by atoms with Crippen LogP contribution in [-0.2, 0) is 9.59 Å². The topological polar surface area (TPSA) is 43.9 Å². The molecule has 128 valence electrons. The summed E-state index contributed by atoms with van der Waals surface area (Å²) in [5, 5.41) is 0. The number of hydrogen-bond acceptors (Lipinski definition) is 3. The van der Waals surface area contributed by atoms with Crippen LogP contribution in [0.4, 0.5) is 0 Å². The van der Waals surface area contributed by atoms with E-state index in [0.29, 0.717) is 19.1 Å². The fourth-order valence-electron chi connectivity index (χ4n) is 3.14. The molecule has 0 saturated heterocycles.